The highest BCUT2D eigenvalue weighted by molar-refractivity contribution is 5.84. The molecule has 0 unspecified atom stereocenters. The first-order chi connectivity index (χ1) is 11.5. The molecule has 6 nitrogen and oxygen atoms in total. The Morgan fingerprint density at radius 2 is 1.96 bits per heavy atom. The number of nitrogens with zero attached hydrogens (tertiary/aromatic N) is 2. The van der Waals surface area contributed by atoms with Gasteiger partial charge in [-0.05, 0) is 26.2 Å². The van der Waals surface area contributed by atoms with Crippen LogP contribution in [0.5, 0.6) is 0 Å². The molecule has 138 valence electrons. The zero-order valence-electron chi connectivity index (χ0n) is 15.6. The van der Waals surface area contributed by atoms with Crippen LogP contribution in [0.1, 0.15) is 45.4 Å². The number of rotatable bonds is 9. The lowest BCUT2D eigenvalue weighted by Crippen LogP contribution is -2.40. The van der Waals surface area contributed by atoms with E-state index in [1.807, 2.05) is 6.92 Å². The summed E-state index contributed by atoms with van der Waals surface area (Å²) in [6.07, 6.45) is 7.72. The summed E-state index contributed by atoms with van der Waals surface area (Å²) in [5.41, 5.74) is 1.02. The molecule has 0 atom stereocenters. The van der Waals surface area contributed by atoms with Crippen LogP contribution in [-0.4, -0.2) is 63.2 Å². The van der Waals surface area contributed by atoms with Crippen molar-refractivity contribution in [3.63, 3.8) is 0 Å². The minimum Gasteiger partial charge on any atom is -0.378 e. The second-order valence-corrected chi connectivity index (χ2v) is 6.67. The highest BCUT2D eigenvalue weighted by atomic mass is 16.5. The van der Waals surface area contributed by atoms with Crippen LogP contribution in [0, 0.1) is 0 Å². The maximum atomic E-state index is 11.7. The summed E-state index contributed by atoms with van der Waals surface area (Å²) < 4.78 is 5.92. The molecule has 6 heteroatoms. The first-order valence-electron chi connectivity index (χ1n) is 8.97. The van der Waals surface area contributed by atoms with Crippen LogP contribution in [0.15, 0.2) is 17.1 Å². The van der Waals surface area contributed by atoms with Crippen LogP contribution < -0.4 is 10.6 Å². The quantitative estimate of drug-likeness (QED) is 0.292. The molecule has 2 N–H and O–H groups in total. The van der Waals surface area contributed by atoms with E-state index < -0.39 is 0 Å². The molecule has 0 aromatic rings. The van der Waals surface area contributed by atoms with Gasteiger partial charge in [0, 0.05) is 33.8 Å². The van der Waals surface area contributed by atoms with Crippen molar-refractivity contribution in [1.82, 2.24) is 15.5 Å². The van der Waals surface area contributed by atoms with E-state index in [2.05, 4.69) is 22.2 Å². The third-order valence-corrected chi connectivity index (χ3v) is 3.95. The van der Waals surface area contributed by atoms with Gasteiger partial charge in [0.15, 0.2) is 5.96 Å². The number of likely N-dealkylation sites (N-methyl/N-ethyl adjacent to an activating group) is 1. The van der Waals surface area contributed by atoms with E-state index in [0.717, 1.165) is 25.1 Å². The van der Waals surface area contributed by atoms with Gasteiger partial charge in [0.2, 0.25) is 5.91 Å². The van der Waals surface area contributed by atoms with Crippen LogP contribution in [0.2, 0.25) is 0 Å². The maximum absolute atomic E-state index is 11.7. The third kappa shape index (κ3) is 9.55. The fourth-order valence-corrected chi connectivity index (χ4v) is 2.46. The molecule has 0 spiro atoms. The number of ether oxygens (including phenoxy) is 1. The maximum Gasteiger partial charge on any atom is 0.243 e. The predicted molar refractivity (Wildman–Crippen MR) is 99.3 cm³/mol. The van der Waals surface area contributed by atoms with Crippen molar-refractivity contribution in [2.24, 2.45) is 4.99 Å². The number of carbonyl (C=O) groups is 1. The van der Waals surface area contributed by atoms with E-state index in [4.69, 9.17) is 4.74 Å². The molecule has 1 amide bonds. The number of hydrogen-bond acceptors (Lipinski definition) is 3. The highest BCUT2D eigenvalue weighted by Gasteiger charge is 2.13. The van der Waals surface area contributed by atoms with Crippen LogP contribution in [-0.2, 0) is 9.53 Å². The fourth-order valence-electron chi connectivity index (χ4n) is 2.46. The van der Waals surface area contributed by atoms with Gasteiger partial charge in [-0.25, -0.2) is 4.99 Å². The average Bonchev–Trinajstić information content (AvgIpc) is 2.56. The molecule has 0 bridgehead atoms. The highest BCUT2D eigenvalue weighted by Crippen LogP contribution is 2.20. The molecular formula is C18H34N4O2. The van der Waals surface area contributed by atoms with Crippen molar-refractivity contribution in [3.8, 4) is 0 Å². The Morgan fingerprint density at radius 3 is 2.58 bits per heavy atom. The smallest absolute Gasteiger partial charge is 0.243 e. The number of amides is 1. The molecular weight excluding hydrogens is 304 g/mol. The van der Waals surface area contributed by atoms with Crippen molar-refractivity contribution in [2.45, 2.75) is 51.6 Å². The molecule has 1 aliphatic carbocycles. The van der Waals surface area contributed by atoms with Gasteiger partial charge in [0.1, 0.15) is 6.54 Å². The summed E-state index contributed by atoms with van der Waals surface area (Å²) in [7, 11) is 3.46. The second kappa shape index (κ2) is 11.9. The number of carbonyl (C=O) groups excluding carboxylic acids is 1. The Labute approximate surface area is 146 Å². The van der Waals surface area contributed by atoms with Crippen molar-refractivity contribution in [3.05, 3.63) is 12.2 Å². The van der Waals surface area contributed by atoms with Gasteiger partial charge in [-0.2, -0.15) is 0 Å². The van der Waals surface area contributed by atoms with Crippen molar-refractivity contribution in [1.29, 1.82) is 0 Å². The molecule has 1 fully saturated rings. The van der Waals surface area contributed by atoms with Gasteiger partial charge in [0.05, 0.1) is 6.10 Å². The zero-order valence-corrected chi connectivity index (χ0v) is 15.6. The summed E-state index contributed by atoms with van der Waals surface area (Å²) in [5, 5.41) is 6.44. The van der Waals surface area contributed by atoms with E-state index >= 15 is 0 Å². The van der Waals surface area contributed by atoms with E-state index in [0.29, 0.717) is 18.6 Å². The second-order valence-electron chi connectivity index (χ2n) is 6.67. The fraction of sp³-hybridized carbons (Fsp3) is 0.778. The molecule has 24 heavy (non-hydrogen) atoms. The largest absolute Gasteiger partial charge is 0.378 e. The summed E-state index contributed by atoms with van der Waals surface area (Å²) in [5.74, 6) is 0.623. The Morgan fingerprint density at radius 1 is 1.25 bits per heavy atom. The standard InChI is InChI=1S/C18H34N4O2/c1-15(2)13-20-18(21-14-17(23)22(3)4)19-11-8-12-24-16-9-6-5-7-10-16/h16H,1,5-14H2,2-4H3,(H2,19,20,21). The summed E-state index contributed by atoms with van der Waals surface area (Å²) in [6.45, 7) is 8.13. The van der Waals surface area contributed by atoms with Crippen LogP contribution in [0.25, 0.3) is 0 Å². The molecule has 0 aromatic heterocycles. The Bertz CT molecular complexity index is 415. The van der Waals surface area contributed by atoms with Crippen LogP contribution >= 0.6 is 0 Å². The molecule has 0 aliphatic heterocycles. The van der Waals surface area contributed by atoms with E-state index in [9.17, 15) is 4.79 Å². The van der Waals surface area contributed by atoms with E-state index in [1.165, 1.54) is 37.0 Å². The molecule has 0 heterocycles. The lowest BCUT2D eigenvalue weighted by atomic mass is 9.98. The third-order valence-electron chi connectivity index (χ3n) is 3.95. The SMILES string of the molecule is C=C(C)CNC(=NCC(=O)N(C)C)NCCCOC1CCCCC1. The number of guanidine groups is 1. The van der Waals surface area contributed by atoms with Gasteiger partial charge >= 0.3 is 0 Å². The first kappa shape index (κ1) is 20.5. The predicted octanol–water partition coefficient (Wildman–Crippen LogP) is 1.93. The normalized spacial score (nSPS) is 15.9. The van der Waals surface area contributed by atoms with Gasteiger partial charge in [-0.3, -0.25) is 4.79 Å². The Kier molecular flexibility index (Phi) is 10.2. The minimum absolute atomic E-state index is 0.0212. The lowest BCUT2D eigenvalue weighted by Gasteiger charge is -2.22. The van der Waals surface area contributed by atoms with E-state index in [-0.39, 0.29) is 12.5 Å². The Hall–Kier alpha value is -1.56. The number of hydrogen-bond donors (Lipinski definition) is 2. The average molecular weight is 338 g/mol. The topological polar surface area (TPSA) is 66.0 Å². The zero-order chi connectivity index (χ0) is 17.8. The molecule has 0 saturated heterocycles. The summed E-state index contributed by atoms with van der Waals surface area (Å²) >= 11 is 0. The summed E-state index contributed by atoms with van der Waals surface area (Å²) in [6, 6.07) is 0. The molecule has 1 aliphatic rings. The van der Waals surface area contributed by atoms with Gasteiger partial charge in [0.25, 0.3) is 0 Å². The monoisotopic (exact) mass is 338 g/mol. The number of nitrogens with one attached hydrogen (secondary N) is 2. The molecule has 1 rings (SSSR count). The van der Waals surface area contributed by atoms with Crippen LogP contribution in [0.3, 0.4) is 0 Å². The van der Waals surface area contributed by atoms with Crippen LogP contribution in [0.4, 0.5) is 0 Å². The Balaban J connectivity index is 2.28. The van der Waals surface area contributed by atoms with Crippen molar-refractivity contribution in [2.75, 3.05) is 40.3 Å². The molecule has 1 saturated carbocycles. The van der Waals surface area contributed by atoms with Gasteiger partial charge in [-0.1, -0.05) is 31.4 Å². The molecule has 0 aromatic carbocycles. The number of aliphatic imine (C=N–C) groups is 1. The molecule has 0 radical (unpaired) electrons. The van der Waals surface area contributed by atoms with E-state index in [1.54, 1.807) is 14.1 Å². The van der Waals surface area contributed by atoms with Crippen molar-refractivity contribution >= 4 is 11.9 Å². The minimum atomic E-state index is -0.0212. The van der Waals surface area contributed by atoms with Crippen molar-refractivity contribution < 1.29 is 9.53 Å². The summed E-state index contributed by atoms with van der Waals surface area (Å²) in [4.78, 5) is 17.5. The van der Waals surface area contributed by atoms with Gasteiger partial charge in [-0.15, -0.1) is 0 Å². The first-order valence-corrected chi connectivity index (χ1v) is 8.97. The van der Waals surface area contributed by atoms with Gasteiger partial charge < -0.3 is 20.3 Å². The lowest BCUT2D eigenvalue weighted by molar-refractivity contribution is -0.127.